The Hall–Kier alpha value is -1.02. The quantitative estimate of drug-likeness (QED) is 0.641. The number of hydrogen-bond donors (Lipinski definition) is 1. The summed E-state index contributed by atoms with van der Waals surface area (Å²) in [7, 11) is 0. The third-order valence-electron chi connectivity index (χ3n) is 1.57. The van der Waals surface area contributed by atoms with Crippen LogP contribution in [0.5, 0.6) is 0 Å². The summed E-state index contributed by atoms with van der Waals surface area (Å²) < 4.78 is 0. The molecular weight excluding hydrogens is 138 g/mol. The number of hydrogen-bond acceptors (Lipinski definition) is 1. The van der Waals surface area contributed by atoms with E-state index < -0.39 is 0 Å². The minimum Gasteiger partial charge on any atom is -0.412 e. The zero-order valence-electron chi connectivity index (χ0n) is 6.80. The number of nitrogens with two attached hydrogens (primary N) is 1. The van der Waals surface area contributed by atoms with E-state index in [0.717, 1.165) is 18.5 Å². The molecule has 0 saturated carbocycles. The lowest BCUT2D eigenvalue weighted by Crippen LogP contribution is -1.92. The molecular formula is C9H15NO. The first-order chi connectivity index (χ1) is 4.84. The van der Waals surface area contributed by atoms with Crippen LogP contribution >= 0.6 is 0 Å². The molecule has 0 atom stereocenters. The summed E-state index contributed by atoms with van der Waals surface area (Å²) in [5, 5.41) is 0. The summed E-state index contributed by atoms with van der Waals surface area (Å²) in [5.74, 6) is 0. The van der Waals surface area contributed by atoms with Crippen molar-refractivity contribution in [2.45, 2.75) is 19.8 Å². The Labute approximate surface area is 67.3 Å². The predicted octanol–water partition coefficient (Wildman–Crippen LogP) is 1.40. The van der Waals surface area contributed by atoms with Gasteiger partial charge < -0.3 is 11.2 Å². The monoisotopic (exact) mass is 153 g/mol. The third-order valence-corrected chi connectivity index (χ3v) is 1.57. The fourth-order valence-corrected chi connectivity index (χ4v) is 1.03. The molecule has 0 heterocycles. The smallest absolute Gasteiger partial charge is 0.0346 e. The second kappa shape index (κ2) is 4.74. The van der Waals surface area contributed by atoms with Gasteiger partial charge in [-0.2, -0.15) is 0 Å². The molecule has 0 radical (unpaired) electrons. The van der Waals surface area contributed by atoms with E-state index in [1.807, 2.05) is 18.2 Å². The highest BCUT2D eigenvalue weighted by Crippen LogP contribution is 2.11. The minimum atomic E-state index is 0. The largest absolute Gasteiger partial charge is 0.412 e. The van der Waals surface area contributed by atoms with Gasteiger partial charge in [0.15, 0.2) is 0 Å². The Bertz CT molecular complexity index is 210. The first-order valence-corrected chi connectivity index (χ1v) is 3.68. The summed E-state index contributed by atoms with van der Waals surface area (Å²) in [6.45, 7) is 2.16. The van der Waals surface area contributed by atoms with Crippen LogP contribution in [0, 0.1) is 0 Å². The van der Waals surface area contributed by atoms with Gasteiger partial charge in [-0.1, -0.05) is 31.5 Å². The van der Waals surface area contributed by atoms with Gasteiger partial charge in [0.1, 0.15) is 0 Å². The van der Waals surface area contributed by atoms with Crippen LogP contribution in [0.3, 0.4) is 0 Å². The van der Waals surface area contributed by atoms with Gasteiger partial charge in [-0.25, -0.2) is 0 Å². The zero-order chi connectivity index (χ0) is 7.40. The molecule has 0 saturated heterocycles. The predicted molar refractivity (Wildman–Crippen MR) is 48.5 cm³/mol. The van der Waals surface area contributed by atoms with Crippen LogP contribution in [0.4, 0.5) is 5.69 Å². The maximum absolute atomic E-state index is 5.71. The zero-order valence-corrected chi connectivity index (χ0v) is 6.80. The SMILES string of the molecule is CCCc1ccccc1N.O. The topological polar surface area (TPSA) is 57.5 Å². The van der Waals surface area contributed by atoms with Crippen molar-refractivity contribution in [2.24, 2.45) is 0 Å². The highest BCUT2D eigenvalue weighted by atomic mass is 16.0. The fourth-order valence-electron chi connectivity index (χ4n) is 1.03. The van der Waals surface area contributed by atoms with E-state index in [2.05, 4.69) is 13.0 Å². The number of benzene rings is 1. The van der Waals surface area contributed by atoms with Crippen LogP contribution in [0.15, 0.2) is 24.3 Å². The minimum absolute atomic E-state index is 0. The number of anilines is 1. The molecule has 0 spiro atoms. The molecule has 0 amide bonds. The maximum Gasteiger partial charge on any atom is 0.0346 e. The van der Waals surface area contributed by atoms with Gasteiger partial charge >= 0.3 is 0 Å². The molecule has 0 fully saturated rings. The molecule has 0 bridgehead atoms. The molecule has 1 aromatic rings. The van der Waals surface area contributed by atoms with E-state index in [0.29, 0.717) is 0 Å². The Morgan fingerprint density at radius 1 is 1.27 bits per heavy atom. The Morgan fingerprint density at radius 3 is 2.45 bits per heavy atom. The van der Waals surface area contributed by atoms with Crippen molar-refractivity contribution < 1.29 is 5.48 Å². The number of nitrogen functional groups attached to an aromatic ring is 1. The average molecular weight is 153 g/mol. The average Bonchev–Trinajstić information content (AvgIpc) is 1.94. The van der Waals surface area contributed by atoms with E-state index >= 15 is 0 Å². The van der Waals surface area contributed by atoms with Crippen LogP contribution < -0.4 is 5.73 Å². The van der Waals surface area contributed by atoms with Crippen molar-refractivity contribution in [1.29, 1.82) is 0 Å². The summed E-state index contributed by atoms with van der Waals surface area (Å²) in [4.78, 5) is 0. The molecule has 1 aromatic carbocycles. The van der Waals surface area contributed by atoms with Crippen LogP contribution in [0.2, 0.25) is 0 Å². The lowest BCUT2D eigenvalue weighted by atomic mass is 10.1. The Balaban J connectivity index is 0.000001000. The summed E-state index contributed by atoms with van der Waals surface area (Å²) >= 11 is 0. The highest BCUT2D eigenvalue weighted by Gasteiger charge is 1.93. The molecule has 2 heteroatoms. The van der Waals surface area contributed by atoms with Crippen molar-refractivity contribution in [1.82, 2.24) is 0 Å². The molecule has 4 N–H and O–H groups in total. The summed E-state index contributed by atoms with van der Waals surface area (Å²) in [6.07, 6.45) is 2.25. The molecule has 0 unspecified atom stereocenters. The first kappa shape index (κ1) is 9.98. The van der Waals surface area contributed by atoms with Crippen molar-refractivity contribution in [3.63, 3.8) is 0 Å². The van der Waals surface area contributed by atoms with Gasteiger partial charge in [-0.05, 0) is 18.1 Å². The van der Waals surface area contributed by atoms with E-state index in [4.69, 9.17) is 5.73 Å². The number of rotatable bonds is 2. The fraction of sp³-hybridized carbons (Fsp3) is 0.333. The molecule has 1 rings (SSSR count). The third kappa shape index (κ3) is 2.60. The van der Waals surface area contributed by atoms with Gasteiger partial charge in [-0.15, -0.1) is 0 Å². The van der Waals surface area contributed by atoms with Gasteiger partial charge in [-0.3, -0.25) is 0 Å². The van der Waals surface area contributed by atoms with E-state index in [9.17, 15) is 0 Å². The van der Waals surface area contributed by atoms with Crippen molar-refractivity contribution in [3.8, 4) is 0 Å². The Morgan fingerprint density at radius 2 is 1.91 bits per heavy atom. The number of para-hydroxylation sites is 1. The molecule has 62 valence electrons. The van der Waals surface area contributed by atoms with Gasteiger partial charge in [0, 0.05) is 5.69 Å². The summed E-state index contributed by atoms with van der Waals surface area (Å²) in [6, 6.07) is 8.03. The maximum atomic E-state index is 5.71. The van der Waals surface area contributed by atoms with Crippen molar-refractivity contribution >= 4 is 5.69 Å². The van der Waals surface area contributed by atoms with Crippen LogP contribution in [0.25, 0.3) is 0 Å². The van der Waals surface area contributed by atoms with E-state index in [-0.39, 0.29) is 5.48 Å². The molecule has 0 aliphatic carbocycles. The Kier molecular flexibility index (Phi) is 4.30. The number of aryl methyl sites for hydroxylation is 1. The molecule has 2 nitrogen and oxygen atoms in total. The normalized spacial score (nSPS) is 8.82. The highest BCUT2D eigenvalue weighted by molar-refractivity contribution is 5.46. The van der Waals surface area contributed by atoms with Crippen LogP contribution in [0.1, 0.15) is 18.9 Å². The van der Waals surface area contributed by atoms with Crippen LogP contribution in [-0.2, 0) is 6.42 Å². The van der Waals surface area contributed by atoms with Crippen molar-refractivity contribution in [3.05, 3.63) is 29.8 Å². The first-order valence-electron chi connectivity index (χ1n) is 3.68. The van der Waals surface area contributed by atoms with E-state index in [1.165, 1.54) is 5.56 Å². The van der Waals surface area contributed by atoms with Crippen LogP contribution in [-0.4, -0.2) is 5.48 Å². The second-order valence-electron chi connectivity index (χ2n) is 2.45. The van der Waals surface area contributed by atoms with Gasteiger partial charge in [0.25, 0.3) is 0 Å². The van der Waals surface area contributed by atoms with E-state index in [1.54, 1.807) is 0 Å². The molecule has 0 aromatic heterocycles. The standard InChI is InChI=1S/C9H13N.H2O/c1-2-5-8-6-3-4-7-9(8)10;/h3-4,6-7H,2,5,10H2,1H3;1H2. The van der Waals surface area contributed by atoms with Crippen molar-refractivity contribution in [2.75, 3.05) is 5.73 Å². The summed E-state index contributed by atoms with van der Waals surface area (Å²) in [5.41, 5.74) is 7.90. The molecule has 0 aliphatic rings. The second-order valence-corrected chi connectivity index (χ2v) is 2.45. The molecule has 11 heavy (non-hydrogen) atoms. The lowest BCUT2D eigenvalue weighted by molar-refractivity contribution is 0.824. The van der Waals surface area contributed by atoms with Gasteiger partial charge in [0.05, 0.1) is 0 Å². The van der Waals surface area contributed by atoms with Gasteiger partial charge in [0.2, 0.25) is 0 Å². The lowest BCUT2D eigenvalue weighted by Gasteiger charge is -2.01. The molecule has 0 aliphatic heterocycles.